The van der Waals surface area contributed by atoms with Gasteiger partial charge in [0.15, 0.2) is 0 Å². The molecule has 0 spiro atoms. The van der Waals surface area contributed by atoms with E-state index in [-0.39, 0.29) is 5.91 Å². The van der Waals surface area contributed by atoms with Gasteiger partial charge >= 0.3 is 0 Å². The lowest BCUT2D eigenvalue weighted by Crippen LogP contribution is -2.23. The predicted octanol–water partition coefficient (Wildman–Crippen LogP) is 1.89. The Morgan fingerprint density at radius 3 is 2.71 bits per heavy atom. The number of nitrogen functional groups attached to an aromatic ring is 1. The molecule has 2 aromatic rings. The highest BCUT2D eigenvalue weighted by atomic mass is 16.2. The van der Waals surface area contributed by atoms with Crippen LogP contribution >= 0.6 is 0 Å². The number of rotatable bonds is 2. The van der Waals surface area contributed by atoms with Crippen LogP contribution < -0.4 is 10.6 Å². The molecule has 1 aliphatic rings. The number of benzene rings is 1. The van der Waals surface area contributed by atoms with Gasteiger partial charge in [-0.3, -0.25) is 9.78 Å². The molecule has 3 rings (SSSR count). The van der Waals surface area contributed by atoms with Crippen LogP contribution in [0.15, 0.2) is 36.5 Å². The van der Waals surface area contributed by atoms with Crippen LogP contribution in [0.25, 0.3) is 0 Å². The quantitative estimate of drug-likeness (QED) is 0.854. The minimum Gasteiger partial charge on any atom is -0.399 e. The van der Waals surface area contributed by atoms with Gasteiger partial charge in [0.1, 0.15) is 5.69 Å². The van der Waals surface area contributed by atoms with Crippen molar-refractivity contribution in [3.63, 3.8) is 0 Å². The molecule has 108 valence electrons. The number of pyridine rings is 1. The number of carbonyl (C=O) groups is 1. The summed E-state index contributed by atoms with van der Waals surface area (Å²) in [6, 6.07) is 9.79. The van der Waals surface area contributed by atoms with Gasteiger partial charge in [0.2, 0.25) is 0 Å². The Morgan fingerprint density at radius 1 is 1.19 bits per heavy atom. The van der Waals surface area contributed by atoms with Gasteiger partial charge in [-0.25, -0.2) is 0 Å². The van der Waals surface area contributed by atoms with Crippen molar-refractivity contribution in [1.82, 2.24) is 9.88 Å². The second-order valence-electron chi connectivity index (χ2n) is 5.48. The molecule has 0 radical (unpaired) electrons. The molecule has 0 saturated heterocycles. The van der Waals surface area contributed by atoms with E-state index in [2.05, 4.69) is 16.0 Å². The molecular formula is C16H18N4O. The maximum Gasteiger partial charge on any atom is 0.272 e. The van der Waals surface area contributed by atoms with Gasteiger partial charge in [-0.2, -0.15) is 0 Å². The summed E-state index contributed by atoms with van der Waals surface area (Å²) in [5.74, 6) is -0.0854. The van der Waals surface area contributed by atoms with Crippen LogP contribution in [-0.4, -0.2) is 29.9 Å². The number of fused-ring (bicyclic) bond motifs is 1. The van der Waals surface area contributed by atoms with Crippen molar-refractivity contribution < 1.29 is 4.79 Å². The summed E-state index contributed by atoms with van der Waals surface area (Å²) in [4.78, 5) is 19.9. The van der Waals surface area contributed by atoms with Crippen molar-refractivity contribution in [2.24, 2.45) is 0 Å². The Hall–Kier alpha value is -2.56. The average molecular weight is 282 g/mol. The Kier molecular flexibility index (Phi) is 3.25. The number of hydrogen-bond donors (Lipinski definition) is 1. The van der Waals surface area contributed by atoms with Crippen LogP contribution in [0.3, 0.4) is 0 Å². The van der Waals surface area contributed by atoms with E-state index in [9.17, 15) is 4.79 Å². The fraction of sp³-hybridized carbons (Fsp3) is 0.250. The zero-order chi connectivity index (χ0) is 15.0. The van der Waals surface area contributed by atoms with Crippen molar-refractivity contribution in [3.05, 3.63) is 53.3 Å². The largest absolute Gasteiger partial charge is 0.399 e. The summed E-state index contributed by atoms with van der Waals surface area (Å²) >= 11 is 0. The van der Waals surface area contributed by atoms with Gasteiger partial charge in [-0.15, -0.1) is 0 Å². The number of carbonyl (C=O) groups excluding carboxylic acids is 1. The van der Waals surface area contributed by atoms with Crippen LogP contribution in [-0.2, 0) is 13.1 Å². The molecule has 1 aliphatic heterocycles. The van der Waals surface area contributed by atoms with E-state index in [4.69, 9.17) is 5.73 Å². The van der Waals surface area contributed by atoms with Gasteiger partial charge in [0.25, 0.3) is 5.91 Å². The topological polar surface area (TPSA) is 62.5 Å². The van der Waals surface area contributed by atoms with Crippen LogP contribution in [0.5, 0.6) is 0 Å². The Bertz CT molecular complexity index is 696. The monoisotopic (exact) mass is 282 g/mol. The zero-order valence-electron chi connectivity index (χ0n) is 12.2. The summed E-state index contributed by atoms with van der Waals surface area (Å²) < 4.78 is 0. The lowest BCUT2D eigenvalue weighted by molar-refractivity contribution is 0.0822. The summed E-state index contributed by atoms with van der Waals surface area (Å²) in [5.41, 5.74) is 10.6. The number of hydrogen-bond acceptors (Lipinski definition) is 4. The Labute approximate surface area is 124 Å². The van der Waals surface area contributed by atoms with Crippen LogP contribution in [0, 0.1) is 0 Å². The molecule has 0 unspecified atom stereocenters. The first-order chi connectivity index (χ1) is 10.0. The molecular weight excluding hydrogens is 264 g/mol. The van der Waals surface area contributed by atoms with Gasteiger partial charge in [0, 0.05) is 44.8 Å². The lowest BCUT2D eigenvalue weighted by atomic mass is 10.1. The lowest BCUT2D eigenvalue weighted by Gasteiger charge is -2.18. The third-order valence-electron chi connectivity index (χ3n) is 3.69. The number of aromatic nitrogens is 1. The number of anilines is 2. The highest BCUT2D eigenvalue weighted by Crippen LogP contribution is 2.29. The minimum atomic E-state index is -0.0854. The highest BCUT2D eigenvalue weighted by Gasteiger charge is 2.20. The normalized spacial score (nSPS) is 13.1. The van der Waals surface area contributed by atoms with Crippen LogP contribution in [0.4, 0.5) is 11.4 Å². The molecule has 2 heterocycles. The average Bonchev–Trinajstić information content (AvgIpc) is 2.89. The molecule has 1 amide bonds. The fourth-order valence-electron chi connectivity index (χ4n) is 2.56. The number of amides is 1. The van der Waals surface area contributed by atoms with E-state index in [1.165, 1.54) is 16.0 Å². The van der Waals surface area contributed by atoms with E-state index >= 15 is 0 Å². The summed E-state index contributed by atoms with van der Waals surface area (Å²) in [6.45, 7) is 1.63. The van der Waals surface area contributed by atoms with Gasteiger partial charge in [-0.05, 0) is 35.4 Å². The van der Waals surface area contributed by atoms with Crippen molar-refractivity contribution in [1.29, 1.82) is 0 Å². The molecule has 2 N–H and O–H groups in total. The summed E-state index contributed by atoms with van der Waals surface area (Å²) in [5, 5.41) is 0. The second kappa shape index (κ2) is 5.09. The summed E-state index contributed by atoms with van der Waals surface area (Å²) in [6.07, 6.45) is 1.68. The molecule has 5 nitrogen and oxygen atoms in total. The van der Waals surface area contributed by atoms with Crippen molar-refractivity contribution in [2.45, 2.75) is 13.1 Å². The molecule has 1 aromatic carbocycles. The molecule has 0 saturated carbocycles. The van der Waals surface area contributed by atoms with Crippen molar-refractivity contribution in [2.75, 3.05) is 24.7 Å². The smallest absolute Gasteiger partial charge is 0.272 e. The first-order valence-electron chi connectivity index (χ1n) is 6.84. The van der Waals surface area contributed by atoms with E-state index in [0.717, 1.165) is 24.5 Å². The fourth-order valence-corrected chi connectivity index (χ4v) is 2.56. The Morgan fingerprint density at radius 2 is 1.95 bits per heavy atom. The van der Waals surface area contributed by atoms with Crippen molar-refractivity contribution in [3.8, 4) is 0 Å². The van der Waals surface area contributed by atoms with Gasteiger partial charge < -0.3 is 15.5 Å². The maximum absolute atomic E-state index is 12.0. The molecule has 0 aliphatic carbocycles. The summed E-state index contributed by atoms with van der Waals surface area (Å²) in [7, 11) is 3.45. The molecule has 5 heteroatoms. The molecule has 21 heavy (non-hydrogen) atoms. The first-order valence-corrected chi connectivity index (χ1v) is 6.84. The minimum absolute atomic E-state index is 0.0854. The number of nitrogens with zero attached hydrogens (tertiary/aromatic N) is 3. The molecule has 0 fully saturated rings. The van der Waals surface area contributed by atoms with Gasteiger partial charge in [-0.1, -0.05) is 6.07 Å². The Balaban J connectivity index is 1.86. The van der Waals surface area contributed by atoms with Crippen LogP contribution in [0.2, 0.25) is 0 Å². The molecule has 0 atom stereocenters. The van der Waals surface area contributed by atoms with E-state index in [1.807, 2.05) is 24.3 Å². The molecule has 1 aromatic heterocycles. The van der Waals surface area contributed by atoms with Crippen molar-refractivity contribution >= 4 is 17.3 Å². The standard InChI is InChI=1S/C16H18N4O/c1-19(2)16(21)15-8-14(5-6-18-15)20-9-11-3-4-13(17)7-12(11)10-20/h3-8H,9-10,17H2,1-2H3. The highest BCUT2D eigenvalue weighted by molar-refractivity contribution is 5.92. The van der Waals surface area contributed by atoms with E-state index in [1.54, 1.807) is 20.3 Å². The third-order valence-corrected chi connectivity index (χ3v) is 3.69. The third kappa shape index (κ3) is 2.54. The second-order valence-corrected chi connectivity index (χ2v) is 5.48. The van der Waals surface area contributed by atoms with E-state index in [0.29, 0.717) is 5.69 Å². The zero-order valence-corrected chi connectivity index (χ0v) is 12.2. The molecule has 0 bridgehead atoms. The first kappa shape index (κ1) is 13.4. The van der Waals surface area contributed by atoms with Gasteiger partial charge in [0.05, 0.1) is 0 Å². The maximum atomic E-state index is 12.0. The predicted molar refractivity (Wildman–Crippen MR) is 83.0 cm³/mol. The van der Waals surface area contributed by atoms with Crippen LogP contribution in [0.1, 0.15) is 21.6 Å². The number of nitrogens with two attached hydrogens (primary N) is 1. The SMILES string of the molecule is CN(C)C(=O)c1cc(N2Cc3ccc(N)cc3C2)ccn1. The van der Waals surface area contributed by atoms with E-state index < -0.39 is 0 Å².